The minimum atomic E-state index is -0.267. The molecule has 1 fully saturated rings. The monoisotopic (exact) mass is 287 g/mol. The smallest absolute Gasteiger partial charge is 0.183 e. The molecule has 3 heteroatoms. The van der Waals surface area contributed by atoms with Crippen molar-refractivity contribution in [3.05, 3.63) is 29.3 Å². The zero-order chi connectivity index (χ0) is 14.9. The van der Waals surface area contributed by atoms with E-state index in [-0.39, 0.29) is 5.54 Å². The largest absolute Gasteiger partial charge is 0.493 e. The Hall–Kier alpha value is -1.35. The number of hydrogen-bond donors (Lipinski definition) is 0. The van der Waals surface area contributed by atoms with E-state index in [9.17, 15) is 4.79 Å². The van der Waals surface area contributed by atoms with Crippen molar-refractivity contribution in [2.75, 3.05) is 19.7 Å². The molecule has 1 saturated carbocycles. The molecule has 1 heterocycles. The maximum Gasteiger partial charge on any atom is 0.183 e. The average molecular weight is 287 g/mol. The van der Waals surface area contributed by atoms with Gasteiger partial charge in [0.25, 0.3) is 0 Å². The van der Waals surface area contributed by atoms with Crippen LogP contribution in [0.4, 0.5) is 0 Å². The Morgan fingerprint density at radius 2 is 1.95 bits per heavy atom. The van der Waals surface area contributed by atoms with Crippen LogP contribution in [0.2, 0.25) is 0 Å². The van der Waals surface area contributed by atoms with Crippen LogP contribution in [0.3, 0.4) is 0 Å². The zero-order valence-corrected chi connectivity index (χ0v) is 13.2. The molecule has 2 aliphatic rings. The van der Waals surface area contributed by atoms with Crippen LogP contribution in [0.15, 0.2) is 18.2 Å². The van der Waals surface area contributed by atoms with Crippen LogP contribution < -0.4 is 4.74 Å². The summed E-state index contributed by atoms with van der Waals surface area (Å²) in [4.78, 5) is 15.6. The number of ketones is 1. The van der Waals surface area contributed by atoms with Crippen LogP contribution in [0.25, 0.3) is 0 Å². The van der Waals surface area contributed by atoms with Crippen molar-refractivity contribution in [1.82, 2.24) is 4.90 Å². The quantitative estimate of drug-likeness (QED) is 0.777. The lowest BCUT2D eigenvalue weighted by molar-refractivity contribution is 0.0584. The van der Waals surface area contributed by atoms with Gasteiger partial charge in [0.2, 0.25) is 0 Å². The van der Waals surface area contributed by atoms with Crippen LogP contribution in [-0.2, 0) is 6.42 Å². The molecule has 0 aromatic heterocycles. The van der Waals surface area contributed by atoms with Crippen molar-refractivity contribution < 1.29 is 9.53 Å². The summed E-state index contributed by atoms with van der Waals surface area (Å²) in [6, 6.07) is 5.99. The Morgan fingerprint density at radius 3 is 2.62 bits per heavy atom. The number of fused-ring (bicyclic) bond motifs is 1. The summed E-state index contributed by atoms with van der Waals surface area (Å²) < 4.78 is 5.55. The highest BCUT2D eigenvalue weighted by Gasteiger charge is 2.45. The molecular weight excluding hydrogens is 262 g/mol. The van der Waals surface area contributed by atoms with Crippen molar-refractivity contribution in [2.24, 2.45) is 0 Å². The van der Waals surface area contributed by atoms with E-state index in [0.29, 0.717) is 5.78 Å². The van der Waals surface area contributed by atoms with E-state index in [2.05, 4.69) is 24.8 Å². The Balaban J connectivity index is 1.94. The predicted octanol–water partition coefficient (Wildman–Crippen LogP) is 3.46. The summed E-state index contributed by atoms with van der Waals surface area (Å²) in [5.74, 6) is 1.27. The molecule has 1 aromatic carbocycles. The molecule has 3 rings (SSSR count). The molecule has 1 aliphatic carbocycles. The van der Waals surface area contributed by atoms with Gasteiger partial charge in [-0.15, -0.1) is 0 Å². The molecule has 0 saturated heterocycles. The van der Waals surface area contributed by atoms with Gasteiger partial charge in [-0.1, -0.05) is 26.7 Å². The normalized spacial score (nSPS) is 19.6. The second-order valence-corrected chi connectivity index (χ2v) is 6.16. The lowest BCUT2D eigenvalue weighted by atomic mass is 9.85. The van der Waals surface area contributed by atoms with Gasteiger partial charge < -0.3 is 4.74 Å². The molecule has 0 spiro atoms. The molecule has 1 aliphatic heterocycles. The van der Waals surface area contributed by atoms with Gasteiger partial charge in [0.1, 0.15) is 5.75 Å². The molecule has 0 unspecified atom stereocenters. The molecule has 0 N–H and O–H groups in total. The van der Waals surface area contributed by atoms with E-state index < -0.39 is 0 Å². The fourth-order valence-corrected chi connectivity index (χ4v) is 4.07. The zero-order valence-electron chi connectivity index (χ0n) is 13.2. The molecule has 114 valence electrons. The maximum absolute atomic E-state index is 13.2. The number of carbonyl (C=O) groups excluding carboxylic acids is 1. The highest BCUT2D eigenvalue weighted by Crippen LogP contribution is 2.39. The number of Topliss-reactive ketones (excluding diaryl/α,β-unsaturated/α-hetero) is 1. The van der Waals surface area contributed by atoms with E-state index >= 15 is 0 Å². The Morgan fingerprint density at radius 1 is 1.24 bits per heavy atom. The molecule has 0 bridgehead atoms. The lowest BCUT2D eigenvalue weighted by Gasteiger charge is -2.39. The van der Waals surface area contributed by atoms with Gasteiger partial charge in [0.15, 0.2) is 5.78 Å². The first-order valence-corrected chi connectivity index (χ1v) is 8.27. The van der Waals surface area contributed by atoms with Crippen molar-refractivity contribution in [3.8, 4) is 5.75 Å². The molecule has 21 heavy (non-hydrogen) atoms. The second kappa shape index (κ2) is 5.80. The van der Waals surface area contributed by atoms with E-state index in [1.807, 2.05) is 12.1 Å². The van der Waals surface area contributed by atoms with Crippen LogP contribution in [0.1, 0.15) is 55.5 Å². The highest BCUT2D eigenvalue weighted by molar-refractivity contribution is 6.03. The van der Waals surface area contributed by atoms with Crippen LogP contribution in [0, 0.1) is 0 Å². The number of likely N-dealkylation sites (N-methyl/N-ethyl adjacent to an activating group) is 1. The van der Waals surface area contributed by atoms with Crippen LogP contribution in [0.5, 0.6) is 5.75 Å². The third-order valence-corrected chi connectivity index (χ3v) is 5.17. The molecule has 0 radical (unpaired) electrons. The number of ether oxygens (including phenoxy) is 1. The van der Waals surface area contributed by atoms with Crippen molar-refractivity contribution in [1.29, 1.82) is 0 Å². The first kappa shape index (κ1) is 14.6. The number of rotatable bonds is 5. The Kier molecular flexibility index (Phi) is 4.03. The van der Waals surface area contributed by atoms with Gasteiger partial charge in [-0.3, -0.25) is 9.69 Å². The van der Waals surface area contributed by atoms with E-state index in [1.54, 1.807) is 0 Å². The van der Waals surface area contributed by atoms with Crippen molar-refractivity contribution >= 4 is 5.78 Å². The van der Waals surface area contributed by atoms with Crippen LogP contribution in [-0.4, -0.2) is 35.9 Å². The number of carbonyl (C=O) groups is 1. The Labute approximate surface area is 127 Å². The summed E-state index contributed by atoms with van der Waals surface area (Å²) in [5, 5.41) is 0. The molecule has 3 nitrogen and oxygen atoms in total. The summed E-state index contributed by atoms with van der Waals surface area (Å²) in [6.45, 7) is 6.95. The third-order valence-electron chi connectivity index (χ3n) is 5.17. The summed E-state index contributed by atoms with van der Waals surface area (Å²) in [6.07, 6.45) is 5.25. The first-order chi connectivity index (χ1) is 10.2. The minimum absolute atomic E-state index is 0.267. The van der Waals surface area contributed by atoms with Crippen LogP contribution >= 0.6 is 0 Å². The molecule has 1 aromatic rings. The van der Waals surface area contributed by atoms with Gasteiger partial charge >= 0.3 is 0 Å². The van der Waals surface area contributed by atoms with E-state index in [0.717, 1.165) is 63.1 Å². The van der Waals surface area contributed by atoms with Gasteiger partial charge in [0.05, 0.1) is 12.1 Å². The van der Waals surface area contributed by atoms with Gasteiger partial charge in [-0.25, -0.2) is 0 Å². The number of nitrogens with zero attached hydrogens (tertiary/aromatic N) is 1. The summed E-state index contributed by atoms with van der Waals surface area (Å²) >= 11 is 0. The summed E-state index contributed by atoms with van der Waals surface area (Å²) in [5.41, 5.74) is 1.79. The second-order valence-electron chi connectivity index (χ2n) is 6.16. The summed E-state index contributed by atoms with van der Waals surface area (Å²) in [7, 11) is 0. The first-order valence-electron chi connectivity index (χ1n) is 8.27. The Bertz CT molecular complexity index is 528. The number of hydrogen-bond acceptors (Lipinski definition) is 3. The van der Waals surface area contributed by atoms with Gasteiger partial charge in [-0.05, 0) is 49.7 Å². The predicted molar refractivity (Wildman–Crippen MR) is 84.1 cm³/mol. The van der Waals surface area contributed by atoms with Gasteiger partial charge in [0, 0.05) is 12.0 Å². The minimum Gasteiger partial charge on any atom is -0.493 e. The van der Waals surface area contributed by atoms with E-state index in [1.165, 1.54) is 5.56 Å². The van der Waals surface area contributed by atoms with Gasteiger partial charge in [-0.2, -0.15) is 0 Å². The highest BCUT2D eigenvalue weighted by atomic mass is 16.5. The number of benzene rings is 1. The van der Waals surface area contributed by atoms with Crippen molar-refractivity contribution in [3.63, 3.8) is 0 Å². The third kappa shape index (κ3) is 2.38. The fourth-order valence-electron chi connectivity index (χ4n) is 4.07. The average Bonchev–Trinajstić information content (AvgIpc) is 3.16. The van der Waals surface area contributed by atoms with E-state index in [4.69, 9.17) is 4.74 Å². The lowest BCUT2D eigenvalue weighted by Crippen LogP contribution is -2.52. The molecule has 0 amide bonds. The fraction of sp³-hybridized carbons (Fsp3) is 0.611. The standard InChI is InChI=1S/C18H25NO2/c1-3-19(4-2)18(10-5-6-11-18)17(20)15-7-8-16-14(13-15)9-12-21-16/h7-8,13H,3-6,9-12H2,1-2H3. The molecule has 0 atom stereocenters. The maximum atomic E-state index is 13.2. The molecular formula is C18H25NO2. The van der Waals surface area contributed by atoms with Crippen molar-refractivity contribution in [2.45, 2.75) is 51.5 Å². The SMILES string of the molecule is CCN(CC)C1(C(=O)c2ccc3c(c2)CCO3)CCCC1. The topological polar surface area (TPSA) is 29.5 Å².